The quantitative estimate of drug-likeness (QED) is 0.849. The molecule has 0 radical (unpaired) electrons. The molecule has 0 saturated heterocycles. The number of rotatable bonds is 5. The summed E-state index contributed by atoms with van der Waals surface area (Å²) in [6.07, 6.45) is 6.40. The molecule has 1 fully saturated rings. The average molecular weight is 288 g/mol. The number of hydrogen-bond donors (Lipinski definition) is 0. The van der Waals surface area contributed by atoms with Crippen LogP contribution in [-0.4, -0.2) is 27.6 Å². The Hall–Kier alpha value is -1.82. The predicted octanol–water partition coefficient (Wildman–Crippen LogP) is 2.75. The van der Waals surface area contributed by atoms with Crippen LogP contribution in [0.5, 0.6) is 0 Å². The molecule has 0 atom stereocenters. The molecule has 1 saturated carbocycles. The highest BCUT2D eigenvalue weighted by Crippen LogP contribution is 2.35. The minimum Gasteiger partial charge on any atom is -0.286 e. The van der Waals surface area contributed by atoms with Crippen LogP contribution in [0.4, 0.5) is 5.13 Å². The largest absolute Gasteiger partial charge is 0.286 e. The predicted molar refractivity (Wildman–Crippen MR) is 78.5 cm³/mol. The number of aromatic nitrogens is 3. The van der Waals surface area contributed by atoms with Crippen molar-refractivity contribution in [2.45, 2.75) is 26.2 Å². The van der Waals surface area contributed by atoms with Crippen molar-refractivity contribution in [2.24, 2.45) is 5.92 Å². The van der Waals surface area contributed by atoms with Gasteiger partial charge in [0, 0.05) is 30.4 Å². The number of nitrogens with zero attached hydrogens (tertiary/aromatic N) is 4. The van der Waals surface area contributed by atoms with Crippen LogP contribution in [0.3, 0.4) is 0 Å². The molecule has 5 nitrogen and oxygen atoms in total. The number of pyridine rings is 1. The van der Waals surface area contributed by atoms with E-state index in [9.17, 15) is 4.79 Å². The maximum Gasteiger partial charge on any atom is 0.231 e. The molecule has 0 spiro atoms. The molecule has 0 aliphatic heterocycles. The smallest absolute Gasteiger partial charge is 0.231 e. The van der Waals surface area contributed by atoms with Crippen molar-refractivity contribution >= 4 is 22.4 Å². The van der Waals surface area contributed by atoms with Crippen molar-refractivity contribution in [2.75, 3.05) is 11.4 Å². The van der Waals surface area contributed by atoms with E-state index >= 15 is 0 Å². The van der Waals surface area contributed by atoms with Crippen LogP contribution in [0.25, 0.3) is 10.6 Å². The second-order valence-electron chi connectivity index (χ2n) is 4.89. The van der Waals surface area contributed by atoms with Crippen molar-refractivity contribution in [3.63, 3.8) is 0 Å². The van der Waals surface area contributed by atoms with E-state index in [1.807, 2.05) is 12.1 Å². The first-order valence-electron chi connectivity index (χ1n) is 6.85. The summed E-state index contributed by atoms with van der Waals surface area (Å²) in [6.45, 7) is 2.78. The lowest BCUT2D eigenvalue weighted by Gasteiger charge is -2.17. The highest BCUT2D eigenvalue weighted by atomic mass is 32.1. The van der Waals surface area contributed by atoms with E-state index in [0.717, 1.165) is 29.8 Å². The standard InChI is InChI=1S/C14H16N4OS/c1-2-9-18(13(19)11-3-4-11)14-17-16-12(20-14)10-5-7-15-8-6-10/h5-8,11H,2-4,9H2,1H3. The van der Waals surface area contributed by atoms with Crippen LogP contribution in [-0.2, 0) is 4.79 Å². The van der Waals surface area contributed by atoms with E-state index in [1.54, 1.807) is 17.3 Å². The molecular formula is C14H16N4OS. The lowest BCUT2D eigenvalue weighted by atomic mass is 10.3. The van der Waals surface area contributed by atoms with E-state index in [2.05, 4.69) is 22.1 Å². The first kappa shape index (κ1) is 13.2. The van der Waals surface area contributed by atoms with Gasteiger partial charge in [-0.3, -0.25) is 14.7 Å². The Bertz CT molecular complexity index is 594. The van der Waals surface area contributed by atoms with Crippen LogP contribution in [0, 0.1) is 5.92 Å². The first-order valence-corrected chi connectivity index (χ1v) is 7.66. The van der Waals surface area contributed by atoms with Crippen molar-refractivity contribution in [3.05, 3.63) is 24.5 Å². The molecule has 2 aromatic rings. The molecule has 1 amide bonds. The Kier molecular flexibility index (Phi) is 3.73. The van der Waals surface area contributed by atoms with E-state index < -0.39 is 0 Å². The van der Waals surface area contributed by atoms with Gasteiger partial charge in [0.2, 0.25) is 11.0 Å². The minimum atomic E-state index is 0.198. The highest BCUT2D eigenvalue weighted by Gasteiger charge is 2.35. The zero-order chi connectivity index (χ0) is 13.9. The van der Waals surface area contributed by atoms with Crippen molar-refractivity contribution in [1.29, 1.82) is 0 Å². The SMILES string of the molecule is CCCN(C(=O)C1CC1)c1nnc(-c2ccncc2)s1. The second-order valence-corrected chi connectivity index (χ2v) is 5.85. The summed E-state index contributed by atoms with van der Waals surface area (Å²) in [5.74, 6) is 0.402. The van der Waals surface area contributed by atoms with Gasteiger partial charge in [-0.2, -0.15) is 0 Å². The molecule has 2 heterocycles. The summed E-state index contributed by atoms with van der Waals surface area (Å²) in [5.41, 5.74) is 0.985. The van der Waals surface area contributed by atoms with E-state index in [-0.39, 0.29) is 11.8 Å². The lowest BCUT2D eigenvalue weighted by Crippen LogP contribution is -2.32. The summed E-state index contributed by atoms with van der Waals surface area (Å²) in [4.78, 5) is 18.1. The topological polar surface area (TPSA) is 59.0 Å². The zero-order valence-electron chi connectivity index (χ0n) is 11.3. The van der Waals surface area contributed by atoms with Gasteiger partial charge in [0.1, 0.15) is 5.01 Å². The summed E-state index contributed by atoms with van der Waals surface area (Å²) in [7, 11) is 0. The van der Waals surface area contributed by atoms with Crippen LogP contribution in [0.2, 0.25) is 0 Å². The molecule has 6 heteroatoms. The van der Waals surface area contributed by atoms with Crippen molar-refractivity contribution in [3.8, 4) is 10.6 Å². The molecule has 0 bridgehead atoms. The molecule has 0 aromatic carbocycles. The Labute approximate surface area is 121 Å². The number of carbonyl (C=O) groups is 1. The molecule has 0 N–H and O–H groups in total. The minimum absolute atomic E-state index is 0.198. The number of anilines is 1. The fourth-order valence-corrected chi connectivity index (χ4v) is 2.89. The zero-order valence-corrected chi connectivity index (χ0v) is 12.1. The van der Waals surface area contributed by atoms with Gasteiger partial charge in [-0.05, 0) is 31.4 Å². The van der Waals surface area contributed by atoms with Crippen LogP contribution >= 0.6 is 11.3 Å². The Morgan fingerprint density at radius 3 is 2.75 bits per heavy atom. The third-order valence-corrected chi connectivity index (χ3v) is 4.21. The molecular weight excluding hydrogens is 272 g/mol. The van der Waals surface area contributed by atoms with Gasteiger partial charge in [-0.15, -0.1) is 10.2 Å². The van der Waals surface area contributed by atoms with Gasteiger partial charge < -0.3 is 0 Å². The number of hydrogen-bond acceptors (Lipinski definition) is 5. The highest BCUT2D eigenvalue weighted by molar-refractivity contribution is 7.18. The lowest BCUT2D eigenvalue weighted by molar-refractivity contribution is -0.119. The van der Waals surface area contributed by atoms with Gasteiger partial charge in [0.25, 0.3) is 0 Å². The molecule has 2 aromatic heterocycles. The monoisotopic (exact) mass is 288 g/mol. The number of carbonyl (C=O) groups excluding carboxylic acids is 1. The number of amides is 1. The molecule has 3 rings (SSSR count). The first-order chi connectivity index (χ1) is 9.79. The van der Waals surface area contributed by atoms with E-state index in [4.69, 9.17) is 0 Å². The molecule has 0 unspecified atom stereocenters. The average Bonchev–Trinajstić information content (AvgIpc) is 3.23. The molecule has 104 valence electrons. The van der Waals surface area contributed by atoms with Crippen LogP contribution < -0.4 is 4.90 Å². The van der Waals surface area contributed by atoms with Gasteiger partial charge >= 0.3 is 0 Å². The Morgan fingerprint density at radius 1 is 1.35 bits per heavy atom. The van der Waals surface area contributed by atoms with E-state index in [1.165, 1.54) is 11.3 Å². The van der Waals surface area contributed by atoms with Gasteiger partial charge in [0.15, 0.2) is 0 Å². The van der Waals surface area contributed by atoms with Gasteiger partial charge in [-0.25, -0.2) is 0 Å². The third kappa shape index (κ3) is 2.70. The van der Waals surface area contributed by atoms with Gasteiger partial charge in [0.05, 0.1) is 0 Å². The molecule has 1 aliphatic carbocycles. The molecule has 20 heavy (non-hydrogen) atoms. The normalized spacial score (nSPS) is 14.2. The van der Waals surface area contributed by atoms with Crippen molar-refractivity contribution < 1.29 is 4.79 Å². The maximum atomic E-state index is 12.3. The Balaban J connectivity index is 1.85. The third-order valence-electron chi connectivity index (χ3n) is 3.21. The Morgan fingerprint density at radius 2 is 2.10 bits per heavy atom. The van der Waals surface area contributed by atoms with Crippen molar-refractivity contribution in [1.82, 2.24) is 15.2 Å². The van der Waals surface area contributed by atoms with E-state index in [0.29, 0.717) is 11.7 Å². The summed E-state index contributed by atoms with van der Waals surface area (Å²) >= 11 is 1.46. The fraction of sp³-hybridized carbons (Fsp3) is 0.429. The molecule has 1 aliphatic rings. The second kappa shape index (κ2) is 5.66. The van der Waals surface area contributed by atoms with Crippen LogP contribution in [0.1, 0.15) is 26.2 Å². The summed E-state index contributed by atoms with van der Waals surface area (Å²) in [5, 5.41) is 9.92. The summed E-state index contributed by atoms with van der Waals surface area (Å²) in [6, 6.07) is 3.80. The maximum absolute atomic E-state index is 12.3. The van der Waals surface area contributed by atoms with Crippen LogP contribution in [0.15, 0.2) is 24.5 Å². The summed E-state index contributed by atoms with van der Waals surface area (Å²) < 4.78 is 0. The fourth-order valence-electron chi connectivity index (χ4n) is 2.01. The van der Waals surface area contributed by atoms with Gasteiger partial charge in [-0.1, -0.05) is 18.3 Å².